The van der Waals surface area contributed by atoms with E-state index in [4.69, 9.17) is 5.73 Å². The number of rotatable bonds is 5. The molecule has 0 aliphatic carbocycles. The van der Waals surface area contributed by atoms with E-state index in [2.05, 4.69) is 13.8 Å². The molecule has 0 aliphatic rings. The molecule has 0 aromatic heterocycles. The third-order valence-electron chi connectivity index (χ3n) is 2.85. The number of benzene rings is 1. The first-order valence-electron chi connectivity index (χ1n) is 6.02. The number of aryl methyl sites for hydroxylation is 1. The Balaban J connectivity index is 2.55. The summed E-state index contributed by atoms with van der Waals surface area (Å²) in [6.07, 6.45) is 3.07. The van der Waals surface area contributed by atoms with Gasteiger partial charge in [-0.3, -0.25) is 0 Å². The summed E-state index contributed by atoms with van der Waals surface area (Å²) in [4.78, 5) is 0. The molecule has 16 heavy (non-hydrogen) atoms. The standard InChI is InChI=1S/C14H22FN/c1-10(2)5-4-6-14(16)12-8-7-11(3)9-13(12)15/h7-10,14H,4-6,16H2,1-3H3. The van der Waals surface area contributed by atoms with Crippen LogP contribution in [0, 0.1) is 18.7 Å². The van der Waals surface area contributed by atoms with Gasteiger partial charge in [-0.1, -0.05) is 38.8 Å². The summed E-state index contributed by atoms with van der Waals surface area (Å²) in [5.41, 5.74) is 7.58. The van der Waals surface area contributed by atoms with Crippen molar-refractivity contribution in [2.45, 2.75) is 46.1 Å². The fourth-order valence-electron chi connectivity index (χ4n) is 1.83. The molecule has 1 nitrogen and oxygen atoms in total. The molecule has 0 bridgehead atoms. The van der Waals surface area contributed by atoms with Gasteiger partial charge >= 0.3 is 0 Å². The summed E-state index contributed by atoms with van der Waals surface area (Å²) >= 11 is 0. The van der Waals surface area contributed by atoms with Crippen LogP contribution in [0.4, 0.5) is 4.39 Å². The van der Waals surface area contributed by atoms with Crippen LogP contribution >= 0.6 is 0 Å². The van der Waals surface area contributed by atoms with E-state index in [-0.39, 0.29) is 11.9 Å². The Bertz CT molecular complexity index is 334. The summed E-state index contributed by atoms with van der Waals surface area (Å²) < 4.78 is 13.6. The Morgan fingerprint density at radius 3 is 2.50 bits per heavy atom. The highest BCUT2D eigenvalue weighted by atomic mass is 19.1. The van der Waals surface area contributed by atoms with E-state index in [1.165, 1.54) is 0 Å². The molecule has 1 aromatic carbocycles. The molecule has 1 unspecified atom stereocenters. The van der Waals surface area contributed by atoms with Gasteiger partial charge in [-0.05, 0) is 30.9 Å². The Kier molecular flexibility index (Phi) is 4.94. The number of nitrogens with two attached hydrogens (primary N) is 1. The molecular formula is C14H22FN. The van der Waals surface area contributed by atoms with E-state index in [1.807, 2.05) is 19.1 Å². The number of hydrogen-bond acceptors (Lipinski definition) is 1. The zero-order valence-corrected chi connectivity index (χ0v) is 10.5. The molecule has 2 heteroatoms. The third-order valence-corrected chi connectivity index (χ3v) is 2.85. The lowest BCUT2D eigenvalue weighted by Crippen LogP contribution is -2.12. The predicted molar refractivity (Wildman–Crippen MR) is 66.8 cm³/mol. The lowest BCUT2D eigenvalue weighted by atomic mass is 9.98. The van der Waals surface area contributed by atoms with Crippen LogP contribution in [0.3, 0.4) is 0 Å². The average Bonchev–Trinajstić information content (AvgIpc) is 2.16. The maximum atomic E-state index is 13.6. The van der Waals surface area contributed by atoms with Crippen LogP contribution in [0.5, 0.6) is 0 Å². The lowest BCUT2D eigenvalue weighted by Gasteiger charge is -2.14. The molecule has 0 heterocycles. The monoisotopic (exact) mass is 223 g/mol. The van der Waals surface area contributed by atoms with Crippen LogP contribution in [0.1, 0.15) is 50.3 Å². The molecule has 0 aliphatic heterocycles. The van der Waals surface area contributed by atoms with Crippen molar-refractivity contribution in [3.8, 4) is 0 Å². The number of hydrogen-bond donors (Lipinski definition) is 1. The summed E-state index contributed by atoms with van der Waals surface area (Å²) in [6.45, 7) is 6.27. The molecule has 90 valence electrons. The summed E-state index contributed by atoms with van der Waals surface area (Å²) in [6, 6.07) is 5.11. The molecule has 2 N–H and O–H groups in total. The Labute approximate surface area is 97.9 Å². The lowest BCUT2D eigenvalue weighted by molar-refractivity contribution is 0.493. The van der Waals surface area contributed by atoms with Crippen molar-refractivity contribution < 1.29 is 4.39 Å². The molecule has 1 atom stereocenters. The minimum Gasteiger partial charge on any atom is -0.324 e. The van der Waals surface area contributed by atoms with Crippen LogP contribution in [0.25, 0.3) is 0 Å². The van der Waals surface area contributed by atoms with Gasteiger partial charge in [0.1, 0.15) is 5.82 Å². The smallest absolute Gasteiger partial charge is 0.128 e. The summed E-state index contributed by atoms with van der Waals surface area (Å²) in [5.74, 6) is 0.520. The maximum Gasteiger partial charge on any atom is 0.128 e. The molecule has 0 amide bonds. The van der Waals surface area contributed by atoms with E-state index in [9.17, 15) is 4.39 Å². The van der Waals surface area contributed by atoms with Crippen molar-refractivity contribution in [2.75, 3.05) is 0 Å². The van der Waals surface area contributed by atoms with Crippen molar-refractivity contribution in [3.05, 3.63) is 35.1 Å². The van der Waals surface area contributed by atoms with Gasteiger partial charge in [0, 0.05) is 11.6 Å². The average molecular weight is 223 g/mol. The minimum atomic E-state index is -0.169. The van der Waals surface area contributed by atoms with Gasteiger partial charge in [-0.25, -0.2) is 4.39 Å². The fraction of sp³-hybridized carbons (Fsp3) is 0.571. The van der Waals surface area contributed by atoms with Gasteiger partial charge in [-0.15, -0.1) is 0 Å². The molecule has 1 aromatic rings. The Morgan fingerprint density at radius 2 is 1.94 bits per heavy atom. The summed E-state index contributed by atoms with van der Waals surface area (Å²) in [7, 11) is 0. The third kappa shape index (κ3) is 3.93. The van der Waals surface area contributed by atoms with E-state index in [0.29, 0.717) is 11.5 Å². The molecule has 0 saturated carbocycles. The molecule has 0 fully saturated rings. The largest absolute Gasteiger partial charge is 0.324 e. The van der Waals surface area contributed by atoms with E-state index in [0.717, 1.165) is 24.8 Å². The normalized spacial score (nSPS) is 13.1. The first kappa shape index (κ1) is 13.2. The van der Waals surface area contributed by atoms with Crippen LogP contribution in [0.2, 0.25) is 0 Å². The van der Waals surface area contributed by atoms with Crippen LogP contribution in [0.15, 0.2) is 18.2 Å². The van der Waals surface area contributed by atoms with Gasteiger partial charge in [-0.2, -0.15) is 0 Å². The highest BCUT2D eigenvalue weighted by Gasteiger charge is 2.11. The predicted octanol–water partition coefficient (Wildman–Crippen LogP) is 3.96. The topological polar surface area (TPSA) is 26.0 Å². The number of halogens is 1. The first-order chi connectivity index (χ1) is 7.50. The first-order valence-corrected chi connectivity index (χ1v) is 6.02. The van der Waals surface area contributed by atoms with Gasteiger partial charge in [0.25, 0.3) is 0 Å². The Morgan fingerprint density at radius 1 is 1.25 bits per heavy atom. The van der Waals surface area contributed by atoms with Crippen molar-refractivity contribution in [1.29, 1.82) is 0 Å². The maximum absolute atomic E-state index is 13.6. The van der Waals surface area contributed by atoms with Crippen molar-refractivity contribution in [1.82, 2.24) is 0 Å². The second-order valence-corrected chi connectivity index (χ2v) is 4.96. The highest BCUT2D eigenvalue weighted by Crippen LogP contribution is 2.21. The quantitative estimate of drug-likeness (QED) is 0.803. The van der Waals surface area contributed by atoms with E-state index >= 15 is 0 Å². The van der Waals surface area contributed by atoms with Gasteiger partial charge < -0.3 is 5.73 Å². The molecule has 0 spiro atoms. The fourth-order valence-corrected chi connectivity index (χ4v) is 1.83. The second kappa shape index (κ2) is 6.00. The molecule has 0 radical (unpaired) electrons. The SMILES string of the molecule is Cc1ccc(C(N)CCCC(C)C)c(F)c1. The van der Waals surface area contributed by atoms with Crippen molar-refractivity contribution >= 4 is 0 Å². The molecule has 0 saturated heterocycles. The molecular weight excluding hydrogens is 201 g/mol. The Hall–Kier alpha value is -0.890. The van der Waals surface area contributed by atoms with Crippen molar-refractivity contribution in [3.63, 3.8) is 0 Å². The van der Waals surface area contributed by atoms with Gasteiger partial charge in [0.05, 0.1) is 0 Å². The van der Waals surface area contributed by atoms with E-state index in [1.54, 1.807) is 6.07 Å². The summed E-state index contributed by atoms with van der Waals surface area (Å²) in [5, 5.41) is 0. The zero-order valence-electron chi connectivity index (χ0n) is 10.5. The van der Waals surface area contributed by atoms with E-state index < -0.39 is 0 Å². The zero-order chi connectivity index (χ0) is 12.1. The van der Waals surface area contributed by atoms with Crippen LogP contribution in [-0.4, -0.2) is 0 Å². The van der Waals surface area contributed by atoms with Gasteiger partial charge in [0.2, 0.25) is 0 Å². The van der Waals surface area contributed by atoms with Crippen LogP contribution in [-0.2, 0) is 0 Å². The van der Waals surface area contributed by atoms with Gasteiger partial charge in [0.15, 0.2) is 0 Å². The molecule has 1 rings (SSSR count). The minimum absolute atomic E-state index is 0.167. The highest BCUT2D eigenvalue weighted by molar-refractivity contribution is 5.25. The van der Waals surface area contributed by atoms with Crippen molar-refractivity contribution in [2.24, 2.45) is 11.7 Å². The second-order valence-electron chi connectivity index (χ2n) is 4.96. The van der Waals surface area contributed by atoms with Crippen LogP contribution < -0.4 is 5.73 Å².